The zero-order chi connectivity index (χ0) is 16.5. The monoisotopic (exact) mass is 344 g/mol. The fourth-order valence-corrected chi connectivity index (χ4v) is 2.75. The van der Waals surface area contributed by atoms with Crippen molar-refractivity contribution in [3.05, 3.63) is 35.9 Å². The third kappa shape index (κ3) is 9.02. The van der Waals surface area contributed by atoms with Crippen LogP contribution in [0.3, 0.4) is 0 Å². The minimum atomic E-state index is -3.48. The highest BCUT2D eigenvalue weighted by molar-refractivity contribution is 7.86. The van der Waals surface area contributed by atoms with Crippen LogP contribution in [0.15, 0.2) is 30.3 Å². The summed E-state index contributed by atoms with van der Waals surface area (Å²) in [5.74, 6) is 0. The van der Waals surface area contributed by atoms with Crippen LogP contribution in [-0.2, 0) is 35.1 Å². The van der Waals surface area contributed by atoms with Crippen LogP contribution < -0.4 is 0 Å². The lowest BCUT2D eigenvalue weighted by Gasteiger charge is -2.15. The van der Waals surface area contributed by atoms with E-state index < -0.39 is 16.2 Å². The normalized spacial score (nSPS) is 18.7. The van der Waals surface area contributed by atoms with Crippen molar-refractivity contribution in [3.63, 3.8) is 0 Å². The Kier molecular flexibility index (Phi) is 7.45. The Balaban J connectivity index is 1.54. The molecule has 130 valence electrons. The molecule has 0 radical (unpaired) electrons. The van der Waals surface area contributed by atoms with Crippen LogP contribution in [0, 0.1) is 0 Å². The van der Waals surface area contributed by atoms with Crippen LogP contribution in [0.1, 0.15) is 18.4 Å². The number of epoxide rings is 1. The first-order valence-electron chi connectivity index (χ1n) is 7.72. The molecule has 1 fully saturated rings. The third-order valence-electron chi connectivity index (χ3n) is 3.23. The van der Waals surface area contributed by atoms with E-state index >= 15 is 0 Å². The molecule has 0 saturated carbocycles. The summed E-state index contributed by atoms with van der Waals surface area (Å²) in [5, 5.41) is 0. The summed E-state index contributed by atoms with van der Waals surface area (Å²) in [6.45, 7) is 2.59. The van der Waals surface area contributed by atoms with Gasteiger partial charge >= 0.3 is 0 Å². The van der Waals surface area contributed by atoms with Gasteiger partial charge in [-0.15, -0.1) is 0 Å². The molecule has 1 aliphatic rings. The Labute approximate surface area is 137 Å². The Morgan fingerprint density at radius 3 is 2.57 bits per heavy atom. The summed E-state index contributed by atoms with van der Waals surface area (Å²) in [7, 11) is -3.48. The van der Waals surface area contributed by atoms with E-state index in [1.165, 1.54) is 0 Å². The number of rotatable bonds is 12. The van der Waals surface area contributed by atoms with Crippen LogP contribution in [0.25, 0.3) is 0 Å². The largest absolute Gasteiger partial charge is 0.379 e. The second-order valence-electron chi connectivity index (χ2n) is 5.58. The molecular weight excluding hydrogens is 320 g/mol. The minimum absolute atomic E-state index is 0.0968. The SMILES string of the molecule is CS(=O)(=O)OC(COCCCOCc1ccccc1)CC1CO1. The summed E-state index contributed by atoms with van der Waals surface area (Å²) < 4.78 is 43.6. The van der Waals surface area contributed by atoms with Crippen LogP contribution in [0.2, 0.25) is 0 Å². The molecular formula is C16H24O6S. The molecule has 1 saturated heterocycles. The van der Waals surface area contributed by atoms with Crippen molar-refractivity contribution in [3.8, 4) is 0 Å². The van der Waals surface area contributed by atoms with E-state index in [4.69, 9.17) is 18.4 Å². The highest BCUT2D eigenvalue weighted by Gasteiger charge is 2.29. The first-order valence-corrected chi connectivity index (χ1v) is 9.54. The zero-order valence-electron chi connectivity index (χ0n) is 13.3. The van der Waals surface area contributed by atoms with Crippen molar-refractivity contribution in [2.45, 2.75) is 31.7 Å². The van der Waals surface area contributed by atoms with Gasteiger partial charge in [0.1, 0.15) is 6.10 Å². The lowest BCUT2D eigenvalue weighted by Crippen LogP contribution is -2.25. The van der Waals surface area contributed by atoms with Crippen molar-refractivity contribution in [2.24, 2.45) is 0 Å². The van der Waals surface area contributed by atoms with Gasteiger partial charge in [-0.1, -0.05) is 30.3 Å². The smallest absolute Gasteiger partial charge is 0.264 e. The lowest BCUT2D eigenvalue weighted by atomic mass is 10.2. The van der Waals surface area contributed by atoms with E-state index in [0.29, 0.717) is 32.8 Å². The van der Waals surface area contributed by atoms with Crippen molar-refractivity contribution in [1.29, 1.82) is 0 Å². The molecule has 1 aliphatic heterocycles. The van der Waals surface area contributed by atoms with E-state index in [1.807, 2.05) is 30.3 Å². The average Bonchev–Trinajstić information content (AvgIpc) is 3.29. The highest BCUT2D eigenvalue weighted by atomic mass is 32.2. The zero-order valence-corrected chi connectivity index (χ0v) is 14.2. The summed E-state index contributed by atoms with van der Waals surface area (Å²) in [5.41, 5.74) is 1.14. The van der Waals surface area contributed by atoms with Crippen molar-refractivity contribution in [2.75, 3.05) is 32.7 Å². The molecule has 0 aliphatic carbocycles. The minimum Gasteiger partial charge on any atom is -0.379 e. The Morgan fingerprint density at radius 1 is 1.22 bits per heavy atom. The molecule has 2 atom stereocenters. The van der Waals surface area contributed by atoms with Gasteiger partial charge in [-0.2, -0.15) is 8.42 Å². The van der Waals surface area contributed by atoms with Crippen LogP contribution in [-0.4, -0.2) is 53.3 Å². The predicted molar refractivity (Wildman–Crippen MR) is 85.6 cm³/mol. The molecule has 1 aromatic carbocycles. The summed E-state index contributed by atoms with van der Waals surface area (Å²) in [4.78, 5) is 0. The third-order valence-corrected chi connectivity index (χ3v) is 3.85. The van der Waals surface area contributed by atoms with Crippen LogP contribution in [0.4, 0.5) is 0 Å². The first-order chi connectivity index (χ1) is 11.0. The second-order valence-corrected chi connectivity index (χ2v) is 7.18. The Hall–Kier alpha value is -0.990. The van der Waals surface area contributed by atoms with Gasteiger partial charge in [0.2, 0.25) is 0 Å². The van der Waals surface area contributed by atoms with Gasteiger partial charge in [0.05, 0.1) is 32.2 Å². The van der Waals surface area contributed by atoms with Gasteiger partial charge in [-0.25, -0.2) is 0 Å². The van der Waals surface area contributed by atoms with Gasteiger partial charge in [-0.3, -0.25) is 4.18 Å². The molecule has 0 spiro atoms. The standard InChI is InChI=1S/C16H24O6S/c1-23(17,18)22-16(10-15-13-21-15)12-20-9-5-8-19-11-14-6-3-2-4-7-14/h2-4,6-7,15-16H,5,8-13H2,1H3. The number of ether oxygens (including phenoxy) is 3. The van der Waals surface area contributed by atoms with E-state index in [0.717, 1.165) is 18.2 Å². The molecule has 0 bridgehead atoms. The number of hydrogen-bond donors (Lipinski definition) is 0. The van der Waals surface area contributed by atoms with Crippen molar-refractivity contribution in [1.82, 2.24) is 0 Å². The molecule has 1 heterocycles. The van der Waals surface area contributed by atoms with E-state index in [1.54, 1.807) is 0 Å². The molecule has 0 amide bonds. The predicted octanol–water partition coefficient (Wildman–Crippen LogP) is 1.74. The molecule has 6 nitrogen and oxygen atoms in total. The van der Waals surface area contributed by atoms with Gasteiger partial charge in [0.25, 0.3) is 10.1 Å². The molecule has 2 unspecified atom stereocenters. The van der Waals surface area contributed by atoms with Crippen molar-refractivity contribution >= 4 is 10.1 Å². The average molecular weight is 344 g/mol. The van der Waals surface area contributed by atoms with Gasteiger partial charge < -0.3 is 14.2 Å². The quantitative estimate of drug-likeness (QED) is 0.327. The molecule has 7 heteroatoms. The van der Waals surface area contributed by atoms with Gasteiger partial charge in [0, 0.05) is 19.6 Å². The second kappa shape index (κ2) is 9.34. The molecule has 2 rings (SSSR count). The summed E-state index contributed by atoms with van der Waals surface area (Å²) in [6, 6.07) is 9.97. The van der Waals surface area contributed by atoms with Gasteiger partial charge in [0.15, 0.2) is 0 Å². The molecule has 1 aromatic rings. The van der Waals surface area contributed by atoms with E-state index in [2.05, 4.69) is 0 Å². The molecule has 0 N–H and O–H groups in total. The summed E-state index contributed by atoms with van der Waals surface area (Å²) >= 11 is 0. The maximum atomic E-state index is 11.2. The van der Waals surface area contributed by atoms with Crippen LogP contribution in [0.5, 0.6) is 0 Å². The lowest BCUT2D eigenvalue weighted by molar-refractivity contribution is 0.0302. The van der Waals surface area contributed by atoms with E-state index in [9.17, 15) is 8.42 Å². The first kappa shape index (κ1) is 18.4. The van der Waals surface area contributed by atoms with Crippen LogP contribution >= 0.6 is 0 Å². The topological polar surface area (TPSA) is 74.4 Å². The molecule has 23 heavy (non-hydrogen) atoms. The highest BCUT2D eigenvalue weighted by Crippen LogP contribution is 2.18. The summed E-state index contributed by atoms with van der Waals surface area (Å²) in [6.07, 6.45) is 1.95. The Bertz CT molecular complexity index is 541. The molecule has 0 aromatic heterocycles. The number of benzene rings is 1. The Morgan fingerprint density at radius 2 is 1.91 bits per heavy atom. The van der Waals surface area contributed by atoms with E-state index in [-0.39, 0.29) is 12.7 Å². The van der Waals surface area contributed by atoms with Gasteiger partial charge in [-0.05, 0) is 12.0 Å². The maximum Gasteiger partial charge on any atom is 0.264 e. The fourth-order valence-electron chi connectivity index (χ4n) is 2.12. The fraction of sp³-hybridized carbons (Fsp3) is 0.625. The number of hydrogen-bond acceptors (Lipinski definition) is 6. The maximum absolute atomic E-state index is 11.2. The van der Waals surface area contributed by atoms with Crippen molar-refractivity contribution < 1.29 is 26.8 Å².